The Morgan fingerprint density at radius 2 is 2.14 bits per heavy atom. The Kier molecular flexibility index (Phi) is 3.11. The summed E-state index contributed by atoms with van der Waals surface area (Å²) in [4.78, 5) is 4.14. The van der Waals surface area contributed by atoms with Crippen molar-refractivity contribution in [2.75, 3.05) is 5.32 Å². The lowest BCUT2D eigenvalue weighted by Gasteiger charge is -2.31. The summed E-state index contributed by atoms with van der Waals surface area (Å²) in [5.74, 6) is 0. The zero-order chi connectivity index (χ0) is 10.8. The highest BCUT2D eigenvalue weighted by atomic mass is 15.0. The molecule has 1 unspecified atom stereocenters. The van der Waals surface area contributed by atoms with Crippen LogP contribution in [0.3, 0.4) is 0 Å². The van der Waals surface area contributed by atoms with Crippen molar-refractivity contribution < 1.29 is 0 Å². The fraction of sp³-hybridized carbons (Fsp3) is 0.545. The molecule has 3 nitrogen and oxygen atoms in total. The fourth-order valence-corrected chi connectivity index (χ4v) is 1.11. The molecule has 0 aliphatic carbocycles. The highest BCUT2D eigenvalue weighted by Gasteiger charge is 2.22. The maximum atomic E-state index is 5.88. The standard InChI is InChI=1S/C11H19N3/c1-8-7-10(5-6-13-8)14-11(3,4)9(2)12/h5-7,9H,12H2,1-4H3,(H,13,14). The Morgan fingerprint density at radius 1 is 1.50 bits per heavy atom. The smallest absolute Gasteiger partial charge is 0.0465 e. The number of hydrogen-bond donors (Lipinski definition) is 2. The number of pyridine rings is 1. The van der Waals surface area contributed by atoms with E-state index in [1.807, 2.05) is 26.0 Å². The van der Waals surface area contributed by atoms with Gasteiger partial charge in [0.1, 0.15) is 0 Å². The molecule has 3 heteroatoms. The first-order valence-corrected chi connectivity index (χ1v) is 4.88. The second kappa shape index (κ2) is 3.96. The first-order chi connectivity index (χ1) is 6.42. The third-order valence-corrected chi connectivity index (χ3v) is 2.50. The molecule has 1 heterocycles. The lowest BCUT2D eigenvalue weighted by Crippen LogP contribution is -2.47. The van der Waals surface area contributed by atoms with E-state index in [-0.39, 0.29) is 11.6 Å². The Hall–Kier alpha value is -1.09. The zero-order valence-electron chi connectivity index (χ0n) is 9.33. The van der Waals surface area contributed by atoms with Gasteiger partial charge in [0.05, 0.1) is 0 Å². The Labute approximate surface area is 85.7 Å². The van der Waals surface area contributed by atoms with Crippen LogP contribution in [-0.4, -0.2) is 16.6 Å². The van der Waals surface area contributed by atoms with E-state index in [2.05, 4.69) is 24.1 Å². The second-order valence-electron chi connectivity index (χ2n) is 4.32. The average molecular weight is 193 g/mol. The first kappa shape index (κ1) is 11.0. The summed E-state index contributed by atoms with van der Waals surface area (Å²) < 4.78 is 0. The Bertz CT molecular complexity index is 305. The van der Waals surface area contributed by atoms with E-state index in [0.29, 0.717) is 0 Å². The summed E-state index contributed by atoms with van der Waals surface area (Å²) in [5, 5.41) is 3.39. The summed E-state index contributed by atoms with van der Waals surface area (Å²) in [5.41, 5.74) is 7.85. The van der Waals surface area contributed by atoms with Crippen LogP contribution in [0, 0.1) is 6.92 Å². The second-order valence-corrected chi connectivity index (χ2v) is 4.32. The summed E-state index contributed by atoms with van der Waals surface area (Å²) in [6, 6.07) is 4.07. The third-order valence-electron chi connectivity index (χ3n) is 2.50. The quantitative estimate of drug-likeness (QED) is 0.771. The van der Waals surface area contributed by atoms with Crippen molar-refractivity contribution in [1.29, 1.82) is 0 Å². The molecular formula is C11H19N3. The van der Waals surface area contributed by atoms with Crippen LogP contribution >= 0.6 is 0 Å². The molecule has 0 radical (unpaired) electrons. The van der Waals surface area contributed by atoms with Gasteiger partial charge in [-0.25, -0.2) is 0 Å². The van der Waals surface area contributed by atoms with Crippen LogP contribution in [0.1, 0.15) is 26.5 Å². The van der Waals surface area contributed by atoms with Crippen molar-refractivity contribution in [1.82, 2.24) is 4.98 Å². The van der Waals surface area contributed by atoms with Gasteiger partial charge < -0.3 is 11.1 Å². The van der Waals surface area contributed by atoms with E-state index < -0.39 is 0 Å². The molecule has 0 amide bonds. The number of hydrogen-bond acceptors (Lipinski definition) is 3. The molecule has 0 aromatic carbocycles. The van der Waals surface area contributed by atoms with Gasteiger partial charge >= 0.3 is 0 Å². The van der Waals surface area contributed by atoms with Crippen LogP contribution in [0.25, 0.3) is 0 Å². The molecule has 0 saturated heterocycles. The molecule has 3 N–H and O–H groups in total. The van der Waals surface area contributed by atoms with E-state index in [0.717, 1.165) is 11.4 Å². The number of nitrogens with one attached hydrogen (secondary N) is 1. The lowest BCUT2D eigenvalue weighted by atomic mass is 9.96. The molecule has 0 aliphatic rings. The van der Waals surface area contributed by atoms with Crippen molar-refractivity contribution in [3.8, 4) is 0 Å². The van der Waals surface area contributed by atoms with Crippen molar-refractivity contribution >= 4 is 5.69 Å². The van der Waals surface area contributed by atoms with E-state index in [4.69, 9.17) is 5.73 Å². The average Bonchev–Trinajstić information content (AvgIpc) is 2.02. The maximum absolute atomic E-state index is 5.88. The Balaban J connectivity index is 2.78. The van der Waals surface area contributed by atoms with Gasteiger partial charge in [-0.3, -0.25) is 4.98 Å². The molecule has 1 rings (SSSR count). The van der Waals surface area contributed by atoms with Gasteiger partial charge in [0, 0.05) is 29.2 Å². The number of nitrogens with zero attached hydrogens (tertiary/aromatic N) is 1. The maximum Gasteiger partial charge on any atom is 0.0465 e. The van der Waals surface area contributed by atoms with E-state index in [9.17, 15) is 0 Å². The van der Waals surface area contributed by atoms with Crippen LogP contribution in [0.2, 0.25) is 0 Å². The molecule has 78 valence electrons. The fourth-order valence-electron chi connectivity index (χ4n) is 1.11. The Morgan fingerprint density at radius 3 is 2.64 bits per heavy atom. The van der Waals surface area contributed by atoms with Crippen LogP contribution in [0.4, 0.5) is 5.69 Å². The SMILES string of the molecule is Cc1cc(NC(C)(C)C(C)N)ccn1. The number of anilines is 1. The molecule has 14 heavy (non-hydrogen) atoms. The largest absolute Gasteiger partial charge is 0.379 e. The van der Waals surface area contributed by atoms with Gasteiger partial charge in [0.25, 0.3) is 0 Å². The molecule has 0 fully saturated rings. The number of aromatic nitrogens is 1. The van der Waals surface area contributed by atoms with Crippen LogP contribution < -0.4 is 11.1 Å². The predicted octanol–water partition coefficient (Wildman–Crippen LogP) is 1.93. The monoisotopic (exact) mass is 193 g/mol. The molecule has 0 saturated carbocycles. The van der Waals surface area contributed by atoms with E-state index in [1.165, 1.54) is 0 Å². The molecule has 1 aromatic rings. The van der Waals surface area contributed by atoms with Gasteiger partial charge in [-0.05, 0) is 39.8 Å². The minimum Gasteiger partial charge on any atom is -0.379 e. The highest BCUT2D eigenvalue weighted by Crippen LogP contribution is 2.17. The molecule has 0 bridgehead atoms. The molecule has 1 atom stereocenters. The molecule has 0 aliphatic heterocycles. The highest BCUT2D eigenvalue weighted by molar-refractivity contribution is 5.45. The van der Waals surface area contributed by atoms with Crippen LogP contribution in [0.15, 0.2) is 18.3 Å². The topological polar surface area (TPSA) is 50.9 Å². The summed E-state index contributed by atoms with van der Waals surface area (Å²) in [6.45, 7) is 8.16. The number of rotatable bonds is 3. The third kappa shape index (κ3) is 2.70. The van der Waals surface area contributed by atoms with E-state index >= 15 is 0 Å². The lowest BCUT2D eigenvalue weighted by molar-refractivity contribution is 0.470. The van der Waals surface area contributed by atoms with Crippen LogP contribution in [0.5, 0.6) is 0 Å². The molecule has 0 spiro atoms. The number of nitrogens with two attached hydrogens (primary N) is 1. The minimum absolute atomic E-state index is 0.0935. The van der Waals surface area contributed by atoms with Crippen molar-refractivity contribution in [2.45, 2.75) is 39.3 Å². The van der Waals surface area contributed by atoms with Crippen LogP contribution in [-0.2, 0) is 0 Å². The van der Waals surface area contributed by atoms with E-state index in [1.54, 1.807) is 6.20 Å². The van der Waals surface area contributed by atoms with Crippen molar-refractivity contribution in [3.63, 3.8) is 0 Å². The summed E-state index contributed by atoms with van der Waals surface area (Å²) in [6.07, 6.45) is 1.80. The van der Waals surface area contributed by atoms with Gasteiger partial charge in [-0.15, -0.1) is 0 Å². The van der Waals surface area contributed by atoms with Gasteiger partial charge in [-0.1, -0.05) is 0 Å². The first-order valence-electron chi connectivity index (χ1n) is 4.88. The van der Waals surface area contributed by atoms with Gasteiger partial charge in [0.15, 0.2) is 0 Å². The summed E-state index contributed by atoms with van der Waals surface area (Å²) in [7, 11) is 0. The summed E-state index contributed by atoms with van der Waals surface area (Å²) >= 11 is 0. The predicted molar refractivity (Wildman–Crippen MR) is 60.3 cm³/mol. The molecular weight excluding hydrogens is 174 g/mol. The minimum atomic E-state index is -0.103. The van der Waals surface area contributed by atoms with Crippen molar-refractivity contribution in [3.05, 3.63) is 24.0 Å². The van der Waals surface area contributed by atoms with Crippen molar-refractivity contribution in [2.24, 2.45) is 5.73 Å². The normalized spacial score (nSPS) is 13.8. The van der Waals surface area contributed by atoms with Gasteiger partial charge in [0.2, 0.25) is 0 Å². The number of aryl methyl sites for hydroxylation is 1. The zero-order valence-corrected chi connectivity index (χ0v) is 9.33. The molecule has 1 aromatic heterocycles. The van der Waals surface area contributed by atoms with Gasteiger partial charge in [-0.2, -0.15) is 0 Å².